The van der Waals surface area contributed by atoms with Crippen LogP contribution in [0.2, 0.25) is 75.5 Å². The molecule has 1 atom stereocenters. The van der Waals surface area contributed by atoms with Crippen LogP contribution >= 0.6 is 7.37 Å². The van der Waals surface area contributed by atoms with Gasteiger partial charge < -0.3 is 62.5 Å². The molecule has 0 aliphatic carbocycles. The third-order valence-corrected chi connectivity index (χ3v) is 37.5. The zero-order chi connectivity index (χ0) is 88.5. The first-order chi connectivity index (χ1) is 55.5. The molecule has 2 amide bonds. The number of ether oxygens (including phenoxy) is 6. The number of esters is 2. The summed E-state index contributed by atoms with van der Waals surface area (Å²) in [6.07, 6.45) is 5.41. The smallest absolute Gasteiger partial charge is 0.668 e. The third-order valence-electron chi connectivity index (χ3n) is 20.8. The molecule has 652 valence electrons. The molecule has 10 rings (SSSR count). The van der Waals surface area contributed by atoms with E-state index in [2.05, 4.69) is 119 Å². The number of H-pyrrole nitrogens is 1. The summed E-state index contributed by atoms with van der Waals surface area (Å²) >= 11 is 0. The minimum atomic E-state index is -3.13. The van der Waals surface area contributed by atoms with Crippen molar-refractivity contribution in [1.29, 1.82) is 0 Å². The van der Waals surface area contributed by atoms with Crippen LogP contribution in [0.15, 0.2) is 170 Å². The predicted molar refractivity (Wildman–Crippen MR) is 491 cm³/mol. The summed E-state index contributed by atoms with van der Waals surface area (Å²) in [6, 6.07) is 52.0. The van der Waals surface area contributed by atoms with E-state index in [0.29, 0.717) is 77.7 Å². The zero-order valence-corrected chi connectivity index (χ0v) is 81.5. The second-order valence-corrected chi connectivity index (χ2v) is 58.8. The number of benzene rings is 6. The standard InChI is InChI=1S/C36H51N3O6Si.C26H35N3O4Si.C12H12NO2P.C11H21NO2.C6H18NSi2.Li/c1-35(2,3)45-34(41)39-22-19-25(20-23-39)29(21-24-43-46(8,9)36(4,5)6)32-37-30(31(38-32)33(40)42-7)26-15-17-28(18-16-26)44-27-13-11-10-12-14-27;1-26(2,3)34(5,6)32-18-10-13-22-28-23(24(29(22)27)25(30)31-4)19-14-16-21(17-15-19)33-20-11-8-7-9-12-20;13-15-16(14,11-7-3-1-4-8-11)12-9-5-2-6-10-12;1-9-5-7-12(8-6-9)10(13)14-11(2,3)4;1-8(2,3)7-9(4,5)6;/h10-18,25,29H,19-24H2,1-9H3,(H,37,38);7-9,11-12,14-17H,10,13,18,27H2,1-6H3;1-10H,13H2;9H,5-8H2,1-4H3;1-6H3;/q;;;;-1;+1. The number of methoxy groups -OCH3 is 2. The van der Waals surface area contributed by atoms with Crippen LogP contribution < -0.4 is 50.7 Å². The van der Waals surface area contributed by atoms with E-state index in [1.165, 1.54) is 18.9 Å². The SMILES string of the molecule is CC1CCN(C(=O)OC(C)(C)C)CC1.COC(=O)c1[nH]c(C(CCO[Si](C)(C)C(C)(C)C)C2CCN(C(=O)OC(C)(C)C)CC2)nc1-c1ccc(Oc2ccccc2)cc1.COC(=O)c1c(-c2ccc(Oc3ccccc3)cc2)nc(CCCO[Si](C)(C)C(C)(C)C)n1N.C[Si](C)(C)[N-][Si](C)(C)C.NOP(=O)(c1ccccc1)c1ccccc1.[Li+]. The second kappa shape index (κ2) is 45.5. The second-order valence-electron chi connectivity index (χ2n) is 37.3. The molecule has 2 aliphatic rings. The molecule has 2 fully saturated rings. The number of para-hydroxylation sites is 2. The number of aryl methyl sites for hydroxylation is 1. The van der Waals surface area contributed by atoms with E-state index in [1.807, 2.05) is 192 Å². The first-order valence-electron chi connectivity index (χ1n) is 41.3. The minimum absolute atomic E-state index is 0. The summed E-state index contributed by atoms with van der Waals surface area (Å²) in [6.45, 7) is 53.8. The molecule has 4 heterocycles. The number of carbonyl (C=O) groups excluding carboxylic acids is 4. The molecule has 120 heavy (non-hydrogen) atoms. The number of imidazole rings is 2. The molecule has 2 aromatic heterocycles. The van der Waals surface area contributed by atoms with Gasteiger partial charge in [0.15, 0.2) is 28.0 Å². The average molecular weight is 1730 g/mol. The van der Waals surface area contributed by atoms with Gasteiger partial charge in [-0.05, 0) is 225 Å². The van der Waals surface area contributed by atoms with Crippen LogP contribution in [0.1, 0.15) is 167 Å². The molecule has 0 radical (unpaired) electrons. The number of aromatic amines is 1. The number of piperidine rings is 2. The predicted octanol–water partition coefficient (Wildman–Crippen LogP) is 19.1. The van der Waals surface area contributed by atoms with Crippen LogP contribution in [0.3, 0.4) is 0 Å². The Morgan fingerprint density at radius 1 is 0.525 bits per heavy atom. The Bertz CT molecular complexity index is 4440. The van der Waals surface area contributed by atoms with Crippen molar-refractivity contribution in [2.45, 2.75) is 228 Å². The zero-order valence-electron chi connectivity index (χ0n) is 76.6. The van der Waals surface area contributed by atoms with Crippen LogP contribution in [0.4, 0.5) is 9.59 Å². The first-order valence-corrected chi connectivity index (χ1v) is 55.7. The van der Waals surface area contributed by atoms with E-state index in [0.717, 1.165) is 86.0 Å². The van der Waals surface area contributed by atoms with Crippen LogP contribution in [0.25, 0.3) is 27.2 Å². The number of rotatable bonds is 24. The van der Waals surface area contributed by atoms with Gasteiger partial charge in [-0.25, -0.2) is 44.3 Å². The summed E-state index contributed by atoms with van der Waals surface area (Å²) in [5.41, 5.74) is 2.17. The number of hydrogen-bond acceptors (Lipinski definition) is 18. The Morgan fingerprint density at radius 3 is 1.27 bits per heavy atom. The molecule has 2 aliphatic heterocycles. The van der Waals surface area contributed by atoms with E-state index in [1.54, 1.807) is 29.2 Å². The van der Waals surface area contributed by atoms with Gasteiger partial charge >= 0.3 is 43.0 Å². The summed E-state index contributed by atoms with van der Waals surface area (Å²) in [4.78, 5) is 66.7. The van der Waals surface area contributed by atoms with E-state index < -0.39 is 58.0 Å². The molecule has 8 aromatic rings. The van der Waals surface area contributed by atoms with Crippen molar-refractivity contribution in [1.82, 2.24) is 29.4 Å². The fourth-order valence-electron chi connectivity index (χ4n) is 12.7. The summed E-state index contributed by atoms with van der Waals surface area (Å²) in [7, 11) is -6.42. The molecule has 5 N–H and O–H groups in total. The fourth-order valence-corrected chi connectivity index (χ4v) is 24.5. The molecular formula is C91H137LiN9O14PSi4. The normalized spacial score (nSPS) is 14.1. The number of amides is 2. The van der Waals surface area contributed by atoms with Crippen molar-refractivity contribution in [3.8, 4) is 45.5 Å². The van der Waals surface area contributed by atoms with E-state index in [-0.39, 0.29) is 64.3 Å². The number of nitrogens with two attached hydrogens (primary N) is 2. The molecule has 0 spiro atoms. The molecule has 2 saturated heterocycles. The maximum absolute atomic E-state index is 13.0. The summed E-state index contributed by atoms with van der Waals surface area (Å²) in [5.74, 6) is 15.6. The van der Waals surface area contributed by atoms with Crippen molar-refractivity contribution in [2.24, 2.45) is 17.7 Å². The van der Waals surface area contributed by atoms with Crippen LogP contribution in [-0.2, 0) is 43.4 Å². The molecule has 29 heteroatoms. The minimum Gasteiger partial charge on any atom is -0.668 e. The van der Waals surface area contributed by atoms with Crippen LogP contribution in [-0.4, -0.2) is 151 Å². The Hall–Kier alpha value is -7.89. The number of nitrogens with zero attached hydrogens (tertiary/aromatic N) is 6. The van der Waals surface area contributed by atoms with Gasteiger partial charge in [0.25, 0.3) is 7.37 Å². The van der Waals surface area contributed by atoms with Crippen molar-refractivity contribution in [3.63, 3.8) is 0 Å². The van der Waals surface area contributed by atoms with Crippen molar-refractivity contribution >= 4 is 75.2 Å². The van der Waals surface area contributed by atoms with Gasteiger partial charge in [0.1, 0.15) is 57.2 Å². The van der Waals surface area contributed by atoms with E-state index >= 15 is 0 Å². The Balaban J connectivity index is 0.000000299. The van der Waals surface area contributed by atoms with Gasteiger partial charge in [0.05, 0.1) is 14.2 Å². The van der Waals surface area contributed by atoms with Gasteiger partial charge in [0, 0.05) is 73.5 Å². The van der Waals surface area contributed by atoms with Gasteiger partial charge in [-0.1, -0.05) is 177 Å². The van der Waals surface area contributed by atoms with Crippen molar-refractivity contribution in [2.75, 3.05) is 59.5 Å². The quantitative estimate of drug-likeness (QED) is 0.00963. The molecule has 0 bridgehead atoms. The molecule has 6 aromatic carbocycles. The Morgan fingerprint density at radius 2 is 0.900 bits per heavy atom. The van der Waals surface area contributed by atoms with E-state index in [4.69, 9.17) is 68.3 Å². The first kappa shape index (κ1) is 103. The fraction of sp³-hybridized carbons (Fsp3) is 0.495. The van der Waals surface area contributed by atoms with Gasteiger partial charge in [-0.3, -0.25) is 4.57 Å². The van der Waals surface area contributed by atoms with Crippen LogP contribution in [0.5, 0.6) is 23.0 Å². The number of nitrogen functional groups attached to an aromatic ring is 1. The molecule has 0 saturated carbocycles. The topological polar surface area (TPSA) is 288 Å². The van der Waals surface area contributed by atoms with Crippen molar-refractivity contribution < 1.29 is 84.5 Å². The van der Waals surface area contributed by atoms with Gasteiger partial charge in [0.2, 0.25) is 0 Å². The Kier molecular flexibility index (Phi) is 38.9. The van der Waals surface area contributed by atoms with Crippen molar-refractivity contribution in [3.05, 3.63) is 198 Å². The number of carbonyl (C=O) groups is 4. The maximum atomic E-state index is 13.0. The van der Waals surface area contributed by atoms with Gasteiger partial charge in [-0.2, -0.15) is 0 Å². The monoisotopic (exact) mass is 1730 g/mol. The number of nitrogens with one attached hydrogen (secondary N) is 1. The summed E-state index contributed by atoms with van der Waals surface area (Å²) in [5, 5.41) is 1.45. The molecule has 23 nitrogen and oxygen atoms in total. The van der Waals surface area contributed by atoms with Crippen LogP contribution in [0, 0.1) is 11.8 Å². The number of likely N-dealkylation sites (tertiary alicyclic amines) is 2. The average Bonchev–Trinajstić information content (AvgIpc) is 1.60. The number of aromatic nitrogens is 4. The molecular weight excluding hydrogens is 1590 g/mol. The molecule has 1 unspecified atom stereocenters. The largest absolute Gasteiger partial charge is 1.00 e. The number of hydrogen-bond donors (Lipinski definition) is 3. The summed E-state index contributed by atoms with van der Waals surface area (Å²) < 4.78 is 69.3. The third kappa shape index (κ3) is 32.7. The maximum Gasteiger partial charge on any atom is 1.00 e. The Labute approximate surface area is 732 Å². The van der Waals surface area contributed by atoms with Gasteiger partial charge in [-0.15, -0.1) is 0 Å². The van der Waals surface area contributed by atoms with E-state index in [9.17, 15) is 23.7 Å².